The van der Waals surface area contributed by atoms with Gasteiger partial charge in [-0.15, -0.1) is 0 Å². The van der Waals surface area contributed by atoms with Gasteiger partial charge in [-0.05, 0) is 12.1 Å². The lowest BCUT2D eigenvalue weighted by Crippen LogP contribution is -2.26. The summed E-state index contributed by atoms with van der Waals surface area (Å²) in [7, 11) is 1.54. The molecule has 0 spiro atoms. The first-order chi connectivity index (χ1) is 9.04. The van der Waals surface area contributed by atoms with E-state index in [0.29, 0.717) is 17.7 Å². The molecule has 0 aliphatic carbocycles. The van der Waals surface area contributed by atoms with E-state index in [1.54, 1.807) is 7.11 Å². The third-order valence-corrected chi connectivity index (χ3v) is 2.72. The molecule has 1 aromatic carbocycles. The number of rotatable bonds is 8. The Morgan fingerprint density at radius 2 is 1.95 bits per heavy atom. The van der Waals surface area contributed by atoms with Crippen molar-refractivity contribution in [2.24, 2.45) is 0 Å². The Morgan fingerprint density at radius 3 is 2.53 bits per heavy atom. The highest BCUT2D eigenvalue weighted by atomic mass is 79.9. The van der Waals surface area contributed by atoms with Crippen molar-refractivity contribution < 1.29 is 23.4 Å². The molecule has 0 aliphatic rings. The summed E-state index contributed by atoms with van der Waals surface area (Å²) < 4.78 is 37.1. The second kappa shape index (κ2) is 8.42. The zero-order valence-corrected chi connectivity index (χ0v) is 12.0. The van der Waals surface area contributed by atoms with Gasteiger partial charge in [0.25, 0.3) is 0 Å². The van der Waals surface area contributed by atoms with Crippen molar-refractivity contribution in [2.75, 3.05) is 38.8 Å². The fourth-order valence-corrected chi connectivity index (χ4v) is 1.75. The predicted molar refractivity (Wildman–Crippen MR) is 71.2 cm³/mol. The van der Waals surface area contributed by atoms with Crippen molar-refractivity contribution in [1.29, 1.82) is 0 Å². The highest BCUT2D eigenvalue weighted by molar-refractivity contribution is 9.10. The van der Waals surface area contributed by atoms with Crippen LogP contribution in [0, 0.1) is 11.6 Å². The minimum absolute atomic E-state index is 0.0115. The highest BCUT2D eigenvalue weighted by Gasteiger charge is 2.12. The van der Waals surface area contributed by atoms with Crippen LogP contribution in [0.1, 0.15) is 0 Å². The van der Waals surface area contributed by atoms with Crippen LogP contribution >= 0.6 is 15.9 Å². The lowest BCUT2D eigenvalue weighted by atomic mass is 10.2. The molecule has 0 heterocycles. The molecule has 1 atom stereocenters. The van der Waals surface area contributed by atoms with Gasteiger partial charge in [-0.25, -0.2) is 8.78 Å². The van der Waals surface area contributed by atoms with Crippen LogP contribution in [0.4, 0.5) is 14.5 Å². The lowest BCUT2D eigenvalue weighted by molar-refractivity contribution is 0.0181. The van der Waals surface area contributed by atoms with Gasteiger partial charge in [0.05, 0.1) is 25.9 Å². The zero-order chi connectivity index (χ0) is 14.3. The molecule has 0 bridgehead atoms. The van der Waals surface area contributed by atoms with Gasteiger partial charge >= 0.3 is 0 Å². The molecule has 0 amide bonds. The maximum Gasteiger partial charge on any atom is 0.150 e. The Labute approximate surface area is 118 Å². The van der Waals surface area contributed by atoms with Gasteiger partial charge < -0.3 is 19.9 Å². The Balaban J connectivity index is 2.40. The van der Waals surface area contributed by atoms with Gasteiger partial charge in [0.2, 0.25) is 0 Å². The zero-order valence-electron chi connectivity index (χ0n) is 10.5. The summed E-state index contributed by atoms with van der Waals surface area (Å²) in [5.41, 5.74) is -0.265. The maximum atomic E-state index is 13.5. The van der Waals surface area contributed by atoms with Crippen LogP contribution in [0.3, 0.4) is 0 Å². The minimum atomic E-state index is -0.862. The van der Waals surface area contributed by atoms with E-state index in [2.05, 4.69) is 21.2 Å². The minimum Gasteiger partial charge on any atom is -0.389 e. The van der Waals surface area contributed by atoms with Gasteiger partial charge in [0.1, 0.15) is 17.3 Å². The molecule has 1 rings (SSSR count). The molecular formula is C12H16BrF2NO3. The summed E-state index contributed by atoms with van der Waals surface area (Å²) in [6.07, 6.45) is -0.862. The lowest BCUT2D eigenvalue weighted by Gasteiger charge is -2.14. The second-order valence-electron chi connectivity index (χ2n) is 3.85. The molecule has 0 fully saturated rings. The van der Waals surface area contributed by atoms with Gasteiger partial charge in [-0.1, -0.05) is 15.9 Å². The molecule has 0 radical (unpaired) electrons. The monoisotopic (exact) mass is 339 g/mol. The highest BCUT2D eigenvalue weighted by Crippen LogP contribution is 2.23. The van der Waals surface area contributed by atoms with E-state index >= 15 is 0 Å². The number of halogens is 3. The van der Waals surface area contributed by atoms with Crippen molar-refractivity contribution in [3.63, 3.8) is 0 Å². The molecule has 1 unspecified atom stereocenters. The van der Waals surface area contributed by atoms with E-state index in [4.69, 9.17) is 9.47 Å². The van der Waals surface area contributed by atoms with Gasteiger partial charge in [-0.3, -0.25) is 0 Å². The van der Waals surface area contributed by atoms with Crippen LogP contribution in [0.5, 0.6) is 0 Å². The molecule has 1 aromatic rings. The Bertz CT molecular complexity index is 384. The molecular weight excluding hydrogens is 324 g/mol. The molecule has 19 heavy (non-hydrogen) atoms. The summed E-state index contributed by atoms with van der Waals surface area (Å²) in [6, 6.07) is 2.29. The average Bonchev–Trinajstić information content (AvgIpc) is 2.33. The van der Waals surface area contributed by atoms with Crippen LogP contribution < -0.4 is 5.32 Å². The number of methoxy groups -OCH3 is 1. The number of aliphatic hydroxyl groups is 1. The first kappa shape index (κ1) is 16.3. The van der Waals surface area contributed by atoms with Crippen LogP contribution in [-0.4, -0.2) is 44.7 Å². The Kier molecular flexibility index (Phi) is 7.22. The van der Waals surface area contributed by atoms with Gasteiger partial charge in [0.15, 0.2) is 0 Å². The topological polar surface area (TPSA) is 50.7 Å². The fraction of sp³-hybridized carbons (Fsp3) is 0.500. The molecule has 0 aromatic heterocycles. The Morgan fingerprint density at radius 1 is 1.32 bits per heavy atom. The van der Waals surface area contributed by atoms with Crippen molar-refractivity contribution in [3.8, 4) is 0 Å². The molecule has 108 valence electrons. The summed E-state index contributed by atoms with van der Waals surface area (Å²) in [5, 5.41) is 12.1. The summed E-state index contributed by atoms with van der Waals surface area (Å²) >= 11 is 2.99. The van der Waals surface area contributed by atoms with Gasteiger partial charge in [-0.2, -0.15) is 0 Å². The number of aliphatic hydroxyl groups excluding tert-OH is 1. The second-order valence-corrected chi connectivity index (χ2v) is 4.76. The number of nitrogens with one attached hydrogen (secondary N) is 1. The van der Waals surface area contributed by atoms with E-state index in [1.165, 1.54) is 0 Å². The standard InChI is InChI=1S/C12H16BrF2NO3/c1-18-2-3-19-7-9(17)6-16-12-10(14)4-8(13)5-11(12)15/h4-5,9,16-17H,2-3,6-7H2,1H3. The van der Waals surface area contributed by atoms with Crippen molar-refractivity contribution in [1.82, 2.24) is 0 Å². The maximum absolute atomic E-state index is 13.5. The van der Waals surface area contributed by atoms with Crippen LogP contribution in [0.25, 0.3) is 0 Å². The number of benzene rings is 1. The van der Waals surface area contributed by atoms with E-state index in [9.17, 15) is 13.9 Å². The van der Waals surface area contributed by atoms with Gasteiger partial charge in [0, 0.05) is 18.1 Å². The largest absolute Gasteiger partial charge is 0.389 e. The van der Waals surface area contributed by atoms with Crippen molar-refractivity contribution >= 4 is 21.6 Å². The summed E-state index contributed by atoms with van der Waals surface area (Å²) in [4.78, 5) is 0. The molecule has 0 saturated carbocycles. The van der Waals surface area contributed by atoms with E-state index in [0.717, 1.165) is 12.1 Å². The smallest absolute Gasteiger partial charge is 0.150 e. The van der Waals surface area contributed by atoms with Crippen LogP contribution in [0.2, 0.25) is 0 Å². The molecule has 0 saturated heterocycles. The van der Waals surface area contributed by atoms with E-state index in [-0.39, 0.29) is 18.8 Å². The predicted octanol–water partition coefficient (Wildman–Crippen LogP) is 2.16. The molecule has 4 nitrogen and oxygen atoms in total. The number of hydrogen-bond acceptors (Lipinski definition) is 4. The molecule has 2 N–H and O–H groups in total. The van der Waals surface area contributed by atoms with Crippen molar-refractivity contribution in [3.05, 3.63) is 28.2 Å². The summed E-state index contributed by atoms with van der Waals surface area (Å²) in [5.74, 6) is -1.45. The average molecular weight is 340 g/mol. The number of ether oxygens (including phenoxy) is 2. The van der Waals surface area contributed by atoms with Crippen molar-refractivity contribution in [2.45, 2.75) is 6.10 Å². The number of anilines is 1. The normalized spacial score (nSPS) is 12.5. The third-order valence-electron chi connectivity index (χ3n) is 2.26. The van der Waals surface area contributed by atoms with E-state index in [1.807, 2.05) is 0 Å². The SMILES string of the molecule is COCCOCC(O)CNc1c(F)cc(Br)cc1F. The first-order valence-corrected chi connectivity index (χ1v) is 6.47. The van der Waals surface area contributed by atoms with E-state index < -0.39 is 17.7 Å². The third kappa shape index (κ3) is 5.82. The fourth-order valence-electron chi connectivity index (χ4n) is 1.35. The Hall–Kier alpha value is -0.760. The molecule has 7 heteroatoms. The van der Waals surface area contributed by atoms with Crippen LogP contribution in [-0.2, 0) is 9.47 Å². The van der Waals surface area contributed by atoms with Crippen LogP contribution in [0.15, 0.2) is 16.6 Å². The quantitative estimate of drug-likeness (QED) is 0.712. The first-order valence-electron chi connectivity index (χ1n) is 5.67. The number of hydrogen-bond donors (Lipinski definition) is 2. The molecule has 0 aliphatic heterocycles. The summed E-state index contributed by atoms with van der Waals surface area (Å²) in [6.45, 7) is 0.837.